The Morgan fingerprint density at radius 2 is 1.65 bits per heavy atom. The first-order chi connectivity index (χ1) is 10.7. The molecule has 0 aromatic carbocycles. The second-order valence-corrected chi connectivity index (χ2v) is 11.6. The number of carbonyl (C=O) groups excluding carboxylic acids is 2. The lowest BCUT2D eigenvalue weighted by Gasteiger charge is -2.26. The molecule has 0 heterocycles. The number of hydrogen-bond acceptors (Lipinski definition) is 4. The molecule has 128 valence electrons. The number of carbonyl (C=O) groups is 2. The molecule has 1 aliphatic carbocycles. The summed E-state index contributed by atoms with van der Waals surface area (Å²) >= 11 is 0. The van der Waals surface area contributed by atoms with Crippen LogP contribution >= 0.6 is 0 Å². The molecule has 0 unspecified atom stereocenters. The summed E-state index contributed by atoms with van der Waals surface area (Å²) in [7, 11) is -1.58. The van der Waals surface area contributed by atoms with Crippen LogP contribution in [0.5, 0.6) is 0 Å². The van der Waals surface area contributed by atoms with Crippen molar-refractivity contribution in [2.24, 2.45) is 5.41 Å². The predicted octanol–water partition coefficient (Wildman–Crippen LogP) is 3.48. The second kappa shape index (κ2) is 8.35. The summed E-state index contributed by atoms with van der Waals surface area (Å²) in [5.41, 5.74) is 3.17. The van der Waals surface area contributed by atoms with E-state index < -0.39 is 25.4 Å². The van der Waals surface area contributed by atoms with Gasteiger partial charge in [-0.25, -0.2) is 0 Å². The van der Waals surface area contributed by atoms with Crippen LogP contribution in [0.25, 0.3) is 0 Å². The van der Waals surface area contributed by atoms with Crippen LogP contribution in [-0.4, -0.2) is 33.2 Å². The van der Waals surface area contributed by atoms with Gasteiger partial charge in [0, 0.05) is 6.42 Å². The van der Waals surface area contributed by atoms with Gasteiger partial charge in [0.15, 0.2) is 5.41 Å². The molecule has 1 fully saturated rings. The van der Waals surface area contributed by atoms with E-state index in [1.165, 1.54) is 5.57 Å². The smallest absolute Gasteiger partial charge is 0.324 e. The molecule has 0 amide bonds. The van der Waals surface area contributed by atoms with Crippen LogP contribution in [0.1, 0.15) is 39.5 Å². The first-order valence-corrected chi connectivity index (χ1v) is 11.8. The van der Waals surface area contributed by atoms with Gasteiger partial charge in [0.2, 0.25) is 0 Å². The zero-order valence-corrected chi connectivity index (χ0v) is 16.0. The minimum atomic E-state index is -1.58. The normalized spacial score (nSPS) is 13.7. The van der Waals surface area contributed by atoms with Gasteiger partial charge in [0.25, 0.3) is 0 Å². The Morgan fingerprint density at radius 3 is 2.04 bits per heavy atom. The van der Waals surface area contributed by atoms with E-state index in [2.05, 4.69) is 31.1 Å². The molecule has 0 saturated heterocycles. The first kappa shape index (κ1) is 19.5. The summed E-state index contributed by atoms with van der Waals surface area (Å²) in [6.45, 7) is 10.3. The molecular weight excluding hydrogens is 308 g/mol. The van der Waals surface area contributed by atoms with Gasteiger partial charge in [-0.3, -0.25) is 9.59 Å². The second-order valence-electron chi connectivity index (χ2n) is 6.82. The fraction of sp³-hybridized carbons (Fsp3) is 0.667. The van der Waals surface area contributed by atoms with Gasteiger partial charge < -0.3 is 9.47 Å². The number of rotatable bonds is 7. The molecule has 0 radical (unpaired) electrons. The van der Waals surface area contributed by atoms with Crippen LogP contribution in [0.15, 0.2) is 11.6 Å². The van der Waals surface area contributed by atoms with E-state index in [0.29, 0.717) is 6.42 Å². The third-order valence-electron chi connectivity index (χ3n) is 3.46. The third kappa shape index (κ3) is 6.23. The average Bonchev–Trinajstić information content (AvgIpc) is 3.26. The maximum Gasteiger partial charge on any atom is 0.324 e. The molecule has 1 saturated carbocycles. The monoisotopic (exact) mass is 336 g/mol. The van der Waals surface area contributed by atoms with Crippen molar-refractivity contribution in [1.82, 2.24) is 0 Å². The quantitative estimate of drug-likeness (QED) is 0.235. The molecule has 0 aromatic heterocycles. The van der Waals surface area contributed by atoms with Crippen molar-refractivity contribution in [3.8, 4) is 11.5 Å². The zero-order chi connectivity index (χ0) is 17.5. The largest absolute Gasteiger partial charge is 0.465 e. The summed E-state index contributed by atoms with van der Waals surface area (Å²) < 4.78 is 10.4. The molecule has 0 bridgehead atoms. The van der Waals surface area contributed by atoms with Crippen molar-refractivity contribution in [2.75, 3.05) is 13.2 Å². The summed E-state index contributed by atoms with van der Waals surface area (Å²) in [5, 5.41) is 0. The van der Waals surface area contributed by atoms with Crippen LogP contribution in [0.3, 0.4) is 0 Å². The van der Waals surface area contributed by atoms with Gasteiger partial charge in [0.1, 0.15) is 8.07 Å². The van der Waals surface area contributed by atoms with E-state index in [9.17, 15) is 9.59 Å². The molecule has 23 heavy (non-hydrogen) atoms. The number of allylic oxidation sites excluding steroid dienone is 2. The summed E-state index contributed by atoms with van der Waals surface area (Å²) in [6.07, 6.45) is 4.52. The van der Waals surface area contributed by atoms with Crippen molar-refractivity contribution in [1.29, 1.82) is 0 Å². The SMILES string of the molecule is CCOC(=O)C(CC#C[Si](C)(C)C)(CC=C1CC1)C(=O)OCC. The maximum atomic E-state index is 12.6. The van der Waals surface area contributed by atoms with Crippen molar-refractivity contribution >= 4 is 20.0 Å². The molecule has 0 atom stereocenters. The van der Waals surface area contributed by atoms with Crippen LogP contribution in [0.4, 0.5) is 0 Å². The Hall–Kier alpha value is -1.54. The minimum Gasteiger partial charge on any atom is -0.465 e. The highest BCUT2D eigenvalue weighted by Crippen LogP contribution is 2.36. The third-order valence-corrected chi connectivity index (χ3v) is 4.39. The van der Waals surface area contributed by atoms with Crippen molar-refractivity contribution in [3.05, 3.63) is 11.6 Å². The maximum absolute atomic E-state index is 12.6. The molecule has 1 aliphatic rings. The van der Waals surface area contributed by atoms with Crippen molar-refractivity contribution < 1.29 is 19.1 Å². The van der Waals surface area contributed by atoms with E-state index in [0.717, 1.165) is 12.8 Å². The average molecular weight is 337 g/mol. The molecule has 1 rings (SSSR count). The Bertz CT molecular complexity index is 507. The van der Waals surface area contributed by atoms with Gasteiger partial charge in [-0.2, -0.15) is 0 Å². The molecule has 0 aromatic rings. The molecular formula is C18H28O4Si. The Morgan fingerprint density at radius 1 is 1.13 bits per heavy atom. The highest BCUT2D eigenvalue weighted by atomic mass is 28.3. The summed E-state index contributed by atoms with van der Waals surface area (Å²) in [4.78, 5) is 25.1. The molecule has 0 N–H and O–H groups in total. The predicted molar refractivity (Wildman–Crippen MR) is 93.4 cm³/mol. The van der Waals surface area contributed by atoms with E-state index in [1.807, 2.05) is 6.08 Å². The number of ether oxygens (including phenoxy) is 2. The van der Waals surface area contributed by atoms with Gasteiger partial charge in [-0.1, -0.05) is 31.3 Å². The van der Waals surface area contributed by atoms with Gasteiger partial charge in [-0.15, -0.1) is 11.5 Å². The van der Waals surface area contributed by atoms with E-state index >= 15 is 0 Å². The lowest BCUT2D eigenvalue weighted by molar-refractivity contribution is -0.171. The standard InChI is InChI=1S/C18H28O4Si/c1-6-21-16(19)18(17(20)22-7-2,13-11-15-9-10-15)12-8-14-23(3,4)5/h11H,6-7,9-10,12-13H2,1-5H3. The van der Waals surface area contributed by atoms with Gasteiger partial charge in [0.05, 0.1) is 13.2 Å². The Kier molecular flexibility index (Phi) is 7.08. The highest BCUT2D eigenvalue weighted by molar-refractivity contribution is 6.83. The minimum absolute atomic E-state index is 0.152. The molecule has 0 spiro atoms. The molecule has 0 aliphatic heterocycles. The summed E-state index contributed by atoms with van der Waals surface area (Å²) in [5.74, 6) is 2.02. The van der Waals surface area contributed by atoms with E-state index in [-0.39, 0.29) is 19.6 Å². The van der Waals surface area contributed by atoms with E-state index in [1.54, 1.807) is 13.8 Å². The number of hydrogen-bond donors (Lipinski definition) is 0. The van der Waals surface area contributed by atoms with Crippen molar-refractivity contribution in [2.45, 2.75) is 59.2 Å². The van der Waals surface area contributed by atoms with Crippen LogP contribution in [-0.2, 0) is 19.1 Å². The molecule has 4 nitrogen and oxygen atoms in total. The Labute approximate surface area is 140 Å². The van der Waals surface area contributed by atoms with Gasteiger partial charge in [-0.05, 0) is 33.1 Å². The number of esters is 2. The van der Waals surface area contributed by atoms with Gasteiger partial charge >= 0.3 is 11.9 Å². The van der Waals surface area contributed by atoms with E-state index in [4.69, 9.17) is 9.47 Å². The highest BCUT2D eigenvalue weighted by Gasteiger charge is 2.48. The Balaban J connectivity index is 3.13. The lowest BCUT2D eigenvalue weighted by atomic mass is 9.81. The molecule has 5 heteroatoms. The summed E-state index contributed by atoms with van der Waals surface area (Å²) in [6, 6.07) is 0. The van der Waals surface area contributed by atoms with Crippen LogP contribution in [0.2, 0.25) is 19.6 Å². The fourth-order valence-corrected chi connectivity index (χ4v) is 2.68. The first-order valence-electron chi connectivity index (χ1n) is 8.27. The lowest BCUT2D eigenvalue weighted by Crippen LogP contribution is -2.41. The van der Waals surface area contributed by atoms with Crippen molar-refractivity contribution in [3.63, 3.8) is 0 Å². The zero-order valence-electron chi connectivity index (χ0n) is 15.0. The van der Waals surface area contributed by atoms with Crippen LogP contribution < -0.4 is 0 Å². The van der Waals surface area contributed by atoms with Crippen LogP contribution in [0, 0.1) is 16.9 Å². The fourth-order valence-electron chi connectivity index (χ4n) is 2.06. The topological polar surface area (TPSA) is 52.6 Å².